The van der Waals surface area contributed by atoms with Crippen LogP contribution in [0.4, 0.5) is 0 Å². The smallest absolute Gasteiger partial charge is 0.0684 e. The van der Waals surface area contributed by atoms with E-state index in [-0.39, 0.29) is 10.8 Å². The van der Waals surface area contributed by atoms with E-state index in [1.807, 2.05) is 0 Å². The van der Waals surface area contributed by atoms with Crippen molar-refractivity contribution >= 4 is 38.9 Å². The molecule has 0 N–H and O–H groups in total. The van der Waals surface area contributed by atoms with Gasteiger partial charge in [0.15, 0.2) is 0 Å². The summed E-state index contributed by atoms with van der Waals surface area (Å²) in [4.78, 5) is 2.57. The highest BCUT2D eigenvalue weighted by Gasteiger charge is 2.20. The molecule has 1 aromatic heterocycles. The van der Waals surface area contributed by atoms with Gasteiger partial charge in [-0.25, -0.2) is 0 Å². The molecule has 1 unspecified atom stereocenters. The standard InChI is InChI=1S/C11H16BrClS/c1-7-8(12)5-10(14-7)9(13)6-11(2,3)4/h5,9H,6H2,1-4H3. The Balaban J connectivity index is 2.75. The molecule has 1 heterocycles. The summed E-state index contributed by atoms with van der Waals surface area (Å²) < 4.78 is 1.18. The predicted molar refractivity (Wildman–Crippen MR) is 69.4 cm³/mol. The molecule has 0 bridgehead atoms. The molecule has 0 aliphatic rings. The highest BCUT2D eigenvalue weighted by atomic mass is 79.9. The fourth-order valence-electron chi connectivity index (χ4n) is 1.27. The van der Waals surface area contributed by atoms with Gasteiger partial charge < -0.3 is 0 Å². The molecular weight excluding hydrogens is 280 g/mol. The number of rotatable bonds is 2. The van der Waals surface area contributed by atoms with Crippen LogP contribution in [0.15, 0.2) is 10.5 Å². The fourth-order valence-corrected chi connectivity index (χ4v) is 3.47. The molecule has 1 rings (SSSR count). The van der Waals surface area contributed by atoms with Crippen molar-refractivity contribution in [3.8, 4) is 0 Å². The van der Waals surface area contributed by atoms with Gasteiger partial charge in [0.1, 0.15) is 0 Å². The summed E-state index contributed by atoms with van der Waals surface area (Å²) in [6.45, 7) is 8.77. The average Bonchev–Trinajstić information content (AvgIpc) is 2.28. The van der Waals surface area contributed by atoms with Gasteiger partial charge in [0.2, 0.25) is 0 Å². The lowest BCUT2D eigenvalue weighted by Gasteiger charge is -2.20. The molecule has 80 valence electrons. The summed E-state index contributed by atoms with van der Waals surface area (Å²) in [5, 5.41) is 0.144. The largest absolute Gasteiger partial charge is 0.143 e. The summed E-state index contributed by atoms with van der Waals surface area (Å²) in [5.74, 6) is 0. The molecule has 3 heteroatoms. The molecule has 0 nitrogen and oxygen atoms in total. The Bertz CT molecular complexity index is 292. The summed E-state index contributed by atoms with van der Waals surface area (Å²) >= 11 is 11.7. The maximum absolute atomic E-state index is 6.37. The topological polar surface area (TPSA) is 0 Å². The Hall–Kier alpha value is 0.470. The third kappa shape index (κ3) is 3.56. The van der Waals surface area contributed by atoms with Crippen molar-refractivity contribution in [3.63, 3.8) is 0 Å². The van der Waals surface area contributed by atoms with Crippen molar-refractivity contribution in [1.82, 2.24) is 0 Å². The zero-order chi connectivity index (χ0) is 10.9. The van der Waals surface area contributed by atoms with Gasteiger partial charge >= 0.3 is 0 Å². The molecule has 0 aliphatic heterocycles. The molecule has 0 fully saturated rings. The van der Waals surface area contributed by atoms with Gasteiger partial charge in [-0.1, -0.05) is 20.8 Å². The summed E-state index contributed by atoms with van der Waals surface area (Å²) in [5.41, 5.74) is 0.288. The SMILES string of the molecule is Cc1sc(C(Cl)CC(C)(C)C)cc1Br. The Morgan fingerprint density at radius 3 is 2.43 bits per heavy atom. The molecule has 1 aromatic rings. The highest BCUT2D eigenvalue weighted by molar-refractivity contribution is 9.10. The van der Waals surface area contributed by atoms with Crippen molar-refractivity contribution in [2.45, 2.75) is 39.5 Å². The normalized spacial score (nSPS) is 14.4. The van der Waals surface area contributed by atoms with E-state index < -0.39 is 0 Å². The van der Waals surface area contributed by atoms with E-state index in [1.54, 1.807) is 11.3 Å². The fraction of sp³-hybridized carbons (Fsp3) is 0.636. The molecule has 0 saturated carbocycles. The van der Waals surface area contributed by atoms with E-state index in [4.69, 9.17) is 11.6 Å². The third-order valence-corrected chi connectivity index (χ3v) is 4.75. The van der Waals surface area contributed by atoms with Gasteiger partial charge in [0, 0.05) is 14.2 Å². The summed E-state index contributed by atoms with van der Waals surface area (Å²) in [6, 6.07) is 2.14. The number of hydrogen-bond acceptors (Lipinski definition) is 1. The zero-order valence-corrected chi connectivity index (χ0v) is 12.2. The number of halogens is 2. The molecular formula is C11H16BrClS. The van der Waals surface area contributed by atoms with E-state index >= 15 is 0 Å². The van der Waals surface area contributed by atoms with Gasteiger partial charge in [-0.15, -0.1) is 22.9 Å². The molecule has 1 atom stereocenters. The second-order valence-corrected chi connectivity index (χ2v) is 7.45. The van der Waals surface area contributed by atoms with Gasteiger partial charge in [0.05, 0.1) is 5.38 Å². The minimum absolute atomic E-state index is 0.144. The Kier molecular flexibility index (Phi) is 4.07. The van der Waals surface area contributed by atoms with Crippen LogP contribution in [0.3, 0.4) is 0 Å². The molecule has 0 aromatic carbocycles. The van der Waals surface area contributed by atoms with Crippen LogP contribution in [-0.4, -0.2) is 0 Å². The van der Waals surface area contributed by atoms with Crippen LogP contribution >= 0.6 is 38.9 Å². The predicted octanol–water partition coefficient (Wildman–Crippen LogP) is 5.54. The first-order chi connectivity index (χ1) is 6.29. The Morgan fingerprint density at radius 2 is 2.07 bits per heavy atom. The first kappa shape index (κ1) is 12.5. The molecule has 0 spiro atoms. The van der Waals surface area contributed by atoms with Gasteiger partial charge in [0.25, 0.3) is 0 Å². The lowest BCUT2D eigenvalue weighted by Crippen LogP contribution is -2.07. The number of alkyl halides is 1. The van der Waals surface area contributed by atoms with Crippen LogP contribution in [0.5, 0.6) is 0 Å². The van der Waals surface area contributed by atoms with Crippen molar-refractivity contribution in [2.24, 2.45) is 5.41 Å². The maximum Gasteiger partial charge on any atom is 0.0684 e. The van der Waals surface area contributed by atoms with Crippen LogP contribution in [0.2, 0.25) is 0 Å². The molecule has 14 heavy (non-hydrogen) atoms. The Labute approximate surface area is 104 Å². The first-order valence-corrected chi connectivity index (χ1v) is 6.74. The highest BCUT2D eigenvalue weighted by Crippen LogP contribution is 2.39. The Morgan fingerprint density at radius 1 is 1.50 bits per heavy atom. The molecule has 0 amide bonds. The van der Waals surface area contributed by atoms with Gasteiger partial charge in [-0.05, 0) is 40.8 Å². The summed E-state index contributed by atoms with van der Waals surface area (Å²) in [6.07, 6.45) is 1.01. The third-order valence-electron chi connectivity index (χ3n) is 1.98. The first-order valence-electron chi connectivity index (χ1n) is 4.69. The lowest BCUT2D eigenvalue weighted by atomic mass is 9.90. The van der Waals surface area contributed by atoms with E-state index in [1.165, 1.54) is 14.2 Å². The second-order valence-electron chi connectivity index (χ2n) is 4.79. The lowest BCUT2D eigenvalue weighted by molar-refractivity contribution is 0.374. The number of hydrogen-bond donors (Lipinski definition) is 0. The van der Waals surface area contributed by atoms with Crippen LogP contribution in [0.25, 0.3) is 0 Å². The monoisotopic (exact) mass is 294 g/mol. The average molecular weight is 296 g/mol. The number of aryl methyl sites for hydroxylation is 1. The quantitative estimate of drug-likeness (QED) is 0.629. The van der Waals surface area contributed by atoms with E-state index in [9.17, 15) is 0 Å². The number of thiophene rings is 1. The minimum Gasteiger partial charge on any atom is -0.143 e. The molecule has 0 aliphatic carbocycles. The van der Waals surface area contributed by atoms with E-state index in [0.29, 0.717) is 0 Å². The molecule has 0 saturated heterocycles. The van der Waals surface area contributed by atoms with Crippen LogP contribution < -0.4 is 0 Å². The van der Waals surface area contributed by atoms with Crippen molar-refractivity contribution < 1.29 is 0 Å². The maximum atomic E-state index is 6.37. The minimum atomic E-state index is 0.144. The summed E-state index contributed by atoms with van der Waals surface area (Å²) in [7, 11) is 0. The second kappa shape index (κ2) is 4.54. The van der Waals surface area contributed by atoms with Crippen molar-refractivity contribution in [2.75, 3.05) is 0 Å². The van der Waals surface area contributed by atoms with E-state index in [0.717, 1.165) is 6.42 Å². The zero-order valence-electron chi connectivity index (χ0n) is 9.03. The van der Waals surface area contributed by atoms with Crippen molar-refractivity contribution in [3.05, 3.63) is 20.3 Å². The van der Waals surface area contributed by atoms with Crippen LogP contribution in [0.1, 0.15) is 42.3 Å². The van der Waals surface area contributed by atoms with Crippen LogP contribution in [0, 0.1) is 12.3 Å². The van der Waals surface area contributed by atoms with Gasteiger partial charge in [-0.2, -0.15) is 0 Å². The van der Waals surface area contributed by atoms with E-state index in [2.05, 4.69) is 49.7 Å². The van der Waals surface area contributed by atoms with Gasteiger partial charge in [-0.3, -0.25) is 0 Å². The molecule has 0 radical (unpaired) electrons. The van der Waals surface area contributed by atoms with Crippen LogP contribution in [-0.2, 0) is 0 Å². The van der Waals surface area contributed by atoms with Crippen molar-refractivity contribution in [1.29, 1.82) is 0 Å².